The fourth-order valence-corrected chi connectivity index (χ4v) is 3.64. The molecule has 3 unspecified atom stereocenters. The van der Waals surface area contributed by atoms with Gasteiger partial charge in [0.15, 0.2) is 0 Å². The third-order valence-electron chi connectivity index (χ3n) is 3.94. The van der Waals surface area contributed by atoms with E-state index in [1.54, 1.807) is 0 Å². The molecule has 1 spiro atoms. The average Bonchev–Trinajstić information content (AvgIpc) is 2.71. The van der Waals surface area contributed by atoms with Gasteiger partial charge in [0.05, 0.1) is 5.38 Å². The van der Waals surface area contributed by atoms with E-state index in [-0.39, 0.29) is 5.38 Å². The predicted molar refractivity (Wildman–Crippen MR) is 51.5 cm³/mol. The summed E-state index contributed by atoms with van der Waals surface area (Å²) in [4.78, 5) is 0. The minimum absolute atomic E-state index is 0.128. The smallest absolute Gasteiger partial charge is 0.0717 e. The summed E-state index contributed by atoms with van der Waals surface area (Å²) >= 11 is 12.3. The Balaban J connectivity index is 1.98. The highest BCUT2D eigenvalue weighted by atomic mass is 35.5. The maximum absolute atomic E-state index is 6.21. The van der Waals surface area contributed by atoms with Crippen LogP contribution in [0, 0.1) is 17.3 Å². The molecule has 0 aromatic heterocycles. The molecule has 2 bridgehead atoms. The number of allylic oxidation sites excluding steroid dienone is 2. The lowest BCUT2D eigenvalue weighted by molar-refractivity contribution is 0.437. The Labute approximate surface area is 82.9 Å². The molecule has 0 aromatic rings. The van der Waals surface area contributed by atoms with Crippen molar-refractivity contribution in [3.05, 3.63) is 11.1 Å². The maximum atomic E-state index is 6.21. The highest BCUT2D eigenvalue weighted by Crippen LogP contribution is 2.66. The normalized spacial score (nSPS) is 47.8. The molecule has 0 aliphatic heterocycles. The summed E-state index contributed by atoms with van der Waals surface area (Å²) in [6, 6.07) is 0. The molecular weight excluding hydrogens is 191 g/mol. The molecule has 0 aromatic carbocycles. The number of halogens is 2. The Morgan fingerprint density at radius 3 is 2.83 bits per heavy atom. The summed E-state index contributed by atoms with van der Waals surface area (Å²) < 4.78 is 0. The van der Waals surface area contributed by atoms with Gasteiger partial charge in [0.2, 0.25) is 0 Å². The van der Waals surface area contributed by atoms with Crippen molar-refractivity contribution in [3.63, 3.8) is 0 Å². The van der Waals surface area contributed by atoms with Gasteiger partial charge in [-0.1, -0.05) is 17.7 Å². The first-order valence-electron chi connectivity index (χ1n) is 4.73. The first-order valence-corrected chi connectivity index (χ1v) is 5.54. The van der Waals surface area contributed by atoms with Gasteiger partial charge >= 0.3 is 0 Å². The minimum atomic E-state index is 0.128. The largest absolute Gasteiger partial charge is 0.117 e. The third-order valence-corrected chi connectivity index (χ3v) is 5.01. The molecule has 3 atom stereocenters. The van der Waals surface area contributed by atoms with E-state index >= 15 is 0 Å². The van der Waals surface area contributed by atoms with Crippen LogP contribution >= 0.6 is 23.2 Å². The van der Waals surface area contributed by atoms with Gasteiger partial charge in [-0.2, -0.15) is 0 Å². The van der Waals surface area contributed by atoms with Gasteiger partial charge in [0, 0.05) is 5.03 Å². The minimum Gasteiger partial charge on any atom is -0.117 e. The van der Waals surface area contributed by atoms with Crippen molar-refractivity contribution in [2.24, 2.45) is 17.3 Å². The average molecular weight is 203 g/mol. The van der Waals surface area contributed by atoms with Crippen LogP contribution in [0.2, 0.25) is 0 Å². The fraction of sp³-hybridized carbons (Fsp3) is 0.800. The second-order valence-electron chi connectivity index (χ2n) is 4.62. The van der Waals surface area contributed by atoms with E-state index in [4.69, 9.17) is 23.2 Å². The van der Waals surface area contributed by atoms with Crippen LogP contribution in [0.4, 0.5) is 0 Å². The molecule has 3 rings (SSSR count). The van der Waals surface area contributed by atoms with Gasteiger partial charge in [-0.25, -0.2) is 0 Å². The highest BCUT2D eigenvalue weighted by Gasteiger charge is 2.57. The quantitative estimate of drug-likeness (QED) is 0.528. The zero-order valence-electron chi connectivity index (χ0n) is 6.89. The lowest BCUT2D eigenvalue weighted by atomic mass is 9.91. The van der Waals surface area contributed by atoms with E-state index in [9.17, 15) is 0 Å². The van der Waals surface area contributed by atoms with Crippen molar-refractivity contribution in [2.75, 3.05) is 0 Å². The summed E-state index contributed by atoms with van der Waals surface area (Å²) in [6.45, 7) is 0. The Morgan fingerprint density at radius 1 is 1.42 bits per heavy atom. The Bertz CT molecular complexity index is 253. The molecular formula is C10H12Cl2. The number of hydrogen-bond acceptors (Lipinski definition) is 0. The van der Waals surface area contributed by atoms with Gasteiger partial charge < -0.3 is 0 Å². The second kappa shape index (κ2) is 2.22. The monoisotopic (exact) mass is 202 g/mol. The topological polar surface area (TPSA) is 0 Å². The molecule has 0 nitrogen and oxygen atoms in total. The summed E-state index contributed by atoms with van der Waals surface area (Å²) in [6.07, 6.45) is 7.69. The van der Waals surface area contributed by atoms with Crippen LogP contribution in [-0.2, 0) is 0 Å². The van der Waals surface area contributed by atoms with Crippen LogP contribution in [0.15, 0.2) is 11.1 Å². The lowest BCUT2D eigenvalue weighted by Gasteiger charge is -2.21. The first-order chi connectivity index (χ1) is 5.71. The van der Waals surface area contributed by atoms with E-state index in [0.717, 1.165) is 11.0 Å². The fourth-order valence-electron chi connectivity index (χ4n) is 3.05. The van der Waals surface area contributed by atoms with Crippen LogP contribution in [-0.4, -0.2) is 5.38 Å². The van der Waals surface area contributed by atoms with Crippen LogP contribution in [0.1, 0.15) is 25.7 Å². The molecule has 0 radical (unpaired) electrons. The van der Waals surface area contributed by atoms with Crippen molar-refractivity contribution in [3.8, 4) is 0 Å². The molecule has 2 heteroatoms. The van der Waals surface area contributed by atoms with Gasteiger partial charge in [-0.3, -0.25) is 0 Å². The summed E-state index contributed by atoms with van der Waals surface area (Å²) in [5.41, 5.74) is 0.661. The van der Waals surface area contributed by atoms with Crippen LogP contribution < -0.4 is 0 Å². The van der Waals surface area contributed by atoms with Gasteiger partial charge in [0.1, 0.15) is 0 Å². The molecule has 12 heavy (non-hydrogen) atoms. The number of alkyl halides is 1. The van der Waals surface area contributed by atoms with Gasteiger partial charge in [-0.15, -0.1) is 11.6 Å². The first kappa shape index (κ1) is 7.70. The third kappa shape index (κ3) is 0.858. The van der Waals surface area contributed by atoms with Crippen LogP contribution in [0.5, 0.6) is 0 Å². The van der Waals surface area contributed by atoms with Crippen molar-refractivity contribution >= 4 is 23.2 Å². The van der Waals surface area contributed by atoms with E-state index in [1.807, 2.05) is 0 Å². The molecule has 0 amide bonds. The van der Waals surface area contributed by atoms with Gasteiger partial charge in [-0.05, 0) is 42.9 Å². The number of rotatable bonds is 0. The van der Waals surface area contributed by atoms with E-state index in [2.05, 4.69) is 6.08 Å². The molecule has 0 heterocycles. The molecule has 2 fully saturated rings. The number of hydrogen-bond donors (Lipinski definition) is 0. The van der Waals surface area contributed by atoms with E-state index in [0.29, 0.717) is 11.3 Å². The molecule has 0 saturated heterocycles. The van der Waals surface area contributed by atoms with Crippen LogP contribution in [0.3, 0.4) is 0 Å². The second-order valence-corrected chi connectivity index (χ2v) is 5.53. The lowest BCUT2D eigenvalue weighted by Crippen LogP contribution is -2.16. The number of fused-ring (bicyclic) bond motifs is 3. The molecule has 2 saturated carbocycles. The van der Waals surface area contributed by atoms with E-state index < -0.39 is 0 Å². The van der Waals surface area contributed by atoms with Crippen molar-refractivity contribution in [1.29, 1.82) is 0 Å². The molecule has 3 aliphatic rings. The van der Waals surface area contributed by atoms with Crippen LogP contribution in [0.25, 0.3) is 0 Å². The van der Waals surface area contributed by atoms with Crippen molar-refractivity contribution in [2.45, 2.75) is 31.1 Å². The summed E-state index contributed by atoms with van der Waals surface area (Å²) in [7, 11) is 0. The Kier molecular flexibility index (Phi) is 1.42. The van der Waals surface area contributed by atoms with Crippen molar-refractivity contribution in [1.82, 2.24) is 0 Å². The summed E-state index contributed by atoms with van der Waals surface area (Å²) in [5.74, 6) is 1.45. The van der Waals surface area contributed by atoms with E-state index in [1.165, 1.54) is 25.7 Å². The zero-order valence-corrected chi connectivity index (χ0v) is 8.41. The Hall–Kier alpha value is 0.320. The van der Waals surface area contributed by atoms with Gasteiger partial charge in [0.25, 0.3) is 0 Å². The standard InChI is InChI=1S/C10H12Cl2/c11-8-4-7-3-6(9(8)12)5-10(7)1-2-10/h4,6-7,9H,1-3,5H2. The summed E-state index contributed by atoms with van der Waals surface area (Å²) in [5, 5.41) is 1.05. The highest BCUT2D eigenvalue weighted by molar-refractivity contribution is 6.37. The predicted octanol–water partition coefficient (Wildman–Crippen LogP) is 3.54. The van der Waals surface area contributed by atoms with Crippen molar-refractivity contribution < 1.29 is 0 Å². The maximum Gasteiger partial charge on any atom is 0.0717 e. The molecule has 3 aliphatic carbocycles. The molecule has 0 N–H and O–H groups in total. The SMILES string of the molecule is ClC1=CC2CC(CC23CC3)C1Cl. The Morgan fingerprint density at radius 2 is 2.17 bits per heavy atom. The molecule has 66 valence electrons. The zero-order chi connectivity index (χ0) is 8.34.